The van der Waals surface area contributed by atoms with Crippen LogP contribution in [0.15, 0.2) is 0 Å². The number of carboxylic acids is 1. The zero-order chi connectivity index (χ0) is 12.2. The lowest BCUT2D eigenvalue weighted by molar-refractivity contribution is -0.140. The molecule has 0 aliphatic heterocycles. The molecule has 5 heteroatoms. The van der Waals surface area contributed by atoms with E-state index in [4.69, 9.17) is 9.22 Å². The summed E-state index contributed by atoms with van der Waals surface area (Å²) >= 11 is 0. The van der Waals surface area contributed by atoms with E-state index in [9.17, 15) is 9.59 Å². The van der Waals surface area contributed by atoms with Gasteiger partial charge in [-0.2, -0.15) is 0 Å². The van der Waals surface area contributed by atoms with E-state index in [1.807, 2.05) is 5.32 Å². The summed E-state index contributed by atoms with van der Waals surface area (Å²) in [5.74, 6) is -1.61. The van der Waals surface area contributed by atoms with E-state index in [1.54, 1.807) is 13.8 Å². The van der Waals surface area contributed by atoms with Gasteiger partial charge in [-0.1, -0.05) is 13.8 Å². The Kier molecular flexibility index (Phi) is 2.40. The van der Waals surface area contributed by atoms with Crippen LogP contribution < -0.4 is 5.32 Å². The summed E-state index contributed by atoms with van der Waals surface area (Å²) in [6.45, 7) is 3.16. The molecule has 0 fully saturated rings. The van der Waals surface area contributed by atoms with Crippen LogP contribution in [0.25, 0.3) is 0 Å². The van der Waals surface area contributed by atoms with Crippen LogP contribution in [-0.2, 0) is 9.53 Å². The van der Waals surface area contributed by atoms with Crippen LogP contribution in [-0.4, -0.2) is 30.2 Å². The third kappa shape index (κ3) is 3.23. The van der Waals surface area contributed by atoms with Gasteiger partial charge in [-0.15, -0.1) is 0 Å². The summed E-state index contributed by atoms with van der Waals surface area (Å²) in [7, 11) is -2.87. The second kappa shape index (κ2) is 4.58. The van der Waals surface area contributed by atoms with Crippen molar-refractivity contribution < 1.29 is 23.5 Å². The van der Waals surface area contributed by atoms with E-state index in [-0.39, 0.29) is 5.92 Å². The first kappa shape index (κ1) is 6.28. The van der Waals surface area contributed by atoms with Crippen molar-refractivity contribution in [3.8, 4) is 0 Å². The Balaban J connectivity index is 4.31. The second-order valence-corrected chi connectivity index (χ2v) is 2.59. The highest BCUT2D eigenvalue weighted by atomic mass is 16.5. The first-order chi connectivity index (χ1) is 6.63. The maximum absolute atomic E-state index is 10.9. The number of amides is 1. The second-order valence-electron chi connectivity index (χ2n) is 2.59. The van der Waals surface area contributed by atoms with Crippen molar-refractivity contribution >= 4 is 12.1 Å². The molecule has 12 heavy (non-hydrogen) atoms. The molecule has 0 spiro atoms. The van der Waals surface area contributed by atoms with Gasteiger partial charge >= 0.3 is 12.1 Å². The van der Waals surface area contributed by atoms with Crippen molar-refractivity contribution in [2.75, 3.05) is 7.04 Å². The number of hydrogen-bond donors (Lipinski definition) is 2. The molecule has 2 N–H and O–H groups in total. The van der Waals surface area contributed by atoms with Crippen LogP contribution in [0.3, 0.4) is 0 Å². The molecule has 5 nitrogen and oxygen atoms in total. The van der Waals surface area contributed by atoms with E-state index in [0.29, 0.717) is 0 Å². The molecular formula is C7H13NO4. The number of rotatable bonds is 3. The van der Waals surface area contributed by atoms with Crippen LogP contribution in [0, 0.1) is 5.92 Å². The number of carbonyl (C=O) groups excluding carboxylic acids is 1. The van der Waals surface area contributed by atoms with Gasteiger partial charge in [-0.3, -0.25) is 0 Å². The highest BCUT2D eigenvalue weighted by Crippen LogP contribution is 2.01. The molecule has 0 aliphatic carbocycles. The molecule has 0 heterocycles. The van der Waals surface area contributed by atoms with Gasteiger partial charge in [-0.25, -0.2) is 9.59 Å². The van der Waals surface area contributed by atoms with Gasteiger partial charge < -0.3 is 15.2 Å². The number of carboxylic acid groups (broad SMARTS) is 1. The van der Waals surface area contributed by atoms with Gasteiger partial charge in [0, 0.05) is 0 Å². The van der Waals surface area contributed by atoms with Crippen molar-refractivity contribution in [3.63, 3.8) is 0 Å². The normalized spacial score (nSPS) is 17.1. The molecule has 1 atom stereocenters. The molecular weight excluding hydrogens is 162 g/mol. The number of carbonyl (C=O) groups is 2. The van der Waals surface area contributed by atoms with Gasteiger partial charge in [0.15, 0.2) is 0 Å². The van der Waals surface area contributed by atoms with Crippen molar-refractivity contribution in [2.45, 2.75) is 19.9 Å². The summed E-state index contributed by atoms with van der Waals surface area (Å²) in [5.41, 5.74) is 0. The number of nitrogens with one attached hydrogen (secondary N) is 1. The van der Waals surface area contributed by atoms with Crippen molar-refractivity contribution in [2.24, 2.45) is 5.92 Å². The first-order valence-corrected chi connectivity index (χ1v) is 3.36. The first-order valence-electron chi connectivity index (χ1n) is 4.86. The average molecular weight is 178 g/mol. The van der Waals surface area contributed by atoms with Crippen LogP contribution >= 0.6 is 0 Å². The van der Waals surface area contributed by atoms with Gasteiger partial charge in [0.2, 0.25) is 0 Å². The number of methoxy groups -OCH3 is 1. The largest absolute Gasteiger partial charge is 0.480 e. The minimum absolute atomic E-state index is 0.369. The van der Waals surface area contributed by atoms with Crippen LogP contribution in [0.1, 0.15) is 18.0 Å². The quantitative estimate of drug-likeness (QED) is 0.658. The highest BCUT2D eigenvalue weighted by molar-refractivity contribution is 5.80. The number of hydrogen-bond acceptors (Lipinski definition) is 3. The van der Waals surface area contributed by atoms with Crippen LogP contribution in [0.5, 0.6) is 0 Å². The molecule has 0 saturated heterocycles. The Bertz CT molecular complexity index is 251. The smallest absolute Gasteiger partial charge is 0.407 e. The van der Waals surface area contributed by atoms with Gasteiger partial charge in [0.25, 0.3) is 0 Å². The molecule has 0 saturated carbocycles. The summed E-state index contributed by atoms with van der Waals surface area (Å²) in [6.07, 6.45) is -1.27. The molecule has 0 bridgehead atoms. The van der Waals surface area contributed by atoms with Crippen LogP contribution in [0.2, 0.25) is 0 Å². The molecule has 0 aromatic carbocycles. The Hall–Kier alpha value is -1.26. The maximum atomic E-state index is 10.9. The molecule has 0 aromatic heterocycles. The lowest BCUT2D eigenvalue weighted by Gasteiger charge is -2.16. The Morgan fingerprint density at radius 2 is 2.17 bits per heavy atom. The van der Waals surface area contributed by atoms with Crippen molar-refractivity contribution in [1.29, 1.82) is 0 Å². The standard InChI is InChI=1S/C7H13NO4/c1-4(2)5(6(9)10)8-7(11)12-3/h4-5H,1-3H3,(H,8,11)(H,9,10)/i3D3. The summed E-state index contributed by atoms with van der Waals surface area (Å²) < 4.78 is 23.8. The Morgan fingerprint density at radius 1 is 1.58 bits per heavy atom. The fraction of sp³-hybridized carbons (Fsp3) is 0.714. The SMILES string of the molecule is [2H]C([2H])([2H])OC(=O)NC(C(=O)O)C(C)C. The summed E-state index contributed by atoms with van der Waals surface area (Å²) in [6, 6.07) is -1.17. The van der Waals surface area contributed by atoms with E-state index < -0.39 is 25.1 Å². The van der Waals surface area contributed by atoms with Gasteiger partial charge in [0.1, 0.15) is 6.04 Å². The van der Waals surface area contributed by atoms with Gasteiger partial charge in [0.05, 0.1) is 11.2 Å². The molecule has 0 aromatic rings. The zero-order valence-corrected chi connectivity index (χ0v) is 6.83. The highest BCUT2D eigenvalue weighted by Gasteiger charge is 2.23. The fourth-order valence-electron chi connectivity index (χ4n) is 0.670. The van der Waals surface area contributed by atoms with Crippen molar-refractivity contribution in [3.05, 3.63) is 0 Å². The summed E-state index contributed by atoms with van der Waals surface area (Å²) in [5, 5.41) is 10.6. The maximum Gasteiger partial charge on any atom is 0.407 e. The van der Waals surface area contributed by atoms with Crippen molar-refractivity contribution in [1.82, 2.24) is 5.32 Å². The van der Waals surface area contributed by atoms with E-state index in [2.05, 4.69) is 4.74 Å². The Morgan fingerprint density at radius 3 is 2.50 bits per heavy atom. The molecule has 0 aliphatic rings. The zero-order valence-electron chi connectivity index (χ0n) is 9.83. The predicted molar refractivity (Wildman–Crippen MR) is 41.8 cm³/mol. The number of alkyl carbamates (subject to hydrolysis) is 1. The van der Waals surface area contributed by atoms with E-state index in [0.717, 1.165) is 0 Å². The molecule has 0 radical (unpaired) electrons. The predicted octanol–water partition coefficient (Wildman–Crippen LogP) is 0.452. The number of aliphatic carboxylic acids is 1. The third-order valence-electron chi connectivity index (χ3n) is 1.30. The lowest BCUT2D eigenvalue weighted by atomic mass is 10.1. The van der Waals surface area contributed by atoms with Gasteiger partial charge in [-0.05, 0) is 5.92 Å². The van der Waals surface area contributed by atoms with Crippen LogP contribution in [0.4, 0.5) is 4.79 Å². The third-order valence-corrected chi connectivity index (χ3v) is 1.30. The molecule has 70 valence electrons. The molecule has 0 rings (SSSR count). The summed E-state index contributed by atoms with van der Waals surface area (Å²) in [4.78, 5) is 21.6. The minimum Gasteiger partial charge on any atom is -0.480 e. The lowest BCUT2D eigenvalue weighted by Crippen LogP contribution is -2.44. The van der Waals surface area contributed by atoms with E-state index >= 15 is 0 Å². The average Bonchev–Trinajstić information content (AvgIpc) is 1.95. The monoisotopic (exact) mass is 178 g/mol. The fourth-order valence-corrected chi connectivity index (χ4v) is 0.670. The Labute approximate surface area is 74.9 Å². The number of ether oxygens (including phenoxy) is 1. The minimum atomic E-state index is -2.87. The molecule has 1 unspecified atom stereocenters. The van der Waals surface area contributed by atoms with E-state index in [1.165, 1.54) is 0 Å². The topological polar surface area (TPSA) is 75.6 Å². The molecule has 1 amide bonds.